The minimum Gasteiger partial charge on any atom is -0.497 e. The largest absolute Gasteiger partial charge is 0.497 e. The van der Waals surface area contributed by atoms with Gasteiger partial charge in [-0.05, 0) is 73.9 Å². The van der Waals surface area contributed by atoms with Gasteiger partial charge in [0.1, 0.15) is 11.5 Å². The molecular formula is C34H41F4N3O5. The minimum atomic E-state index is -4.53. The Morgan fingerprint density at radius 2 is 1.63 bits per heavy atom. The Bertz CT molecular complexity index is 1420. The van der Waals surface area contributed by atoms with Gasteiger partial charge in [-0.15, -0.1) is 0 Å². The number of halogens is 4. The maximum absolute atomic E-state index is 17.1. The number of carboxylic acid groups (broad SMARTS) is 1. The lowest BCUT2D eigenvalue weighted by Crippen LogP contribution is -2.52. The maximum Gasteiger partial charge on any atom is 0.416 e. The predicted octanol–water partition coefficient (Wildman–Crippen LogP) is 5.51. The van der Waals surface area contributed by atoms with Crippen molar-refractivity contribution >= 4 is 23.3 Å². The number of hydrogen-bond acceptors (Lipinski definition) is 6. The van der Waals surface area contributed by atoms with Gasteiger partial charge in [-0.1, -0.05) is 18.2 Å². The molecule has 0 saturated carbocycles. The van der Waals surface area contributed by atoms with Crippen LogP contribution in [0.3, 0.4) is 0 Å². The van der Waals surface area contributed by atoms with Gasteiger partial charge in [-0.3, -0.25) is 19.3 Å². The van der Waals surface area contributed by atoms with Crippen LogP contribution in [0.2, 0.25) is 0 Å². The number of piperidine rings is 2. The molecule has 0 aliphatic carbocycles. The summed E-state index contributed by atoms with van der Waals surface area (Å²) in [7, 11) is 1.54. The molecule has 2 aromatic carbocycles. The summed E-state index contributed by atoms with van der Waals surface area (Å²) in [6.45, 7) is 3.15. The molecule has 8 nitrogen and oxygen atoms in total. The molecular weight excluding hydrogens is 606 g/mol. The number of carboxylic acids is 1. The number of hydrogen-bond donors (Lipinski definition) is 1. The number of carbonyl (C=O) groups is 3. The highest BCUT2D eigenvalue weighted by Crippen LogP contribution is 2.44. The van der Waals surface area contributed by atoms with E-state index in [0.717, 1.165) is 17.7 Å². The molecule has 3 aliphatic rings. The molecule has 46 heavy (non-hydrogen) atoms. The van der Waals surface area contributed by atoms with Crippen LogP contribution in [0.15, 0.2) is 42.5 Å². The zero-order chi connectivity index (χ0) is 33.2. The van der Waals surface area contributed by atoms with Crippen LogP contribution < -0.4 is 9.64 Å². The molecule has 3 aliphatic heterocycles. The van der Waals surface area contributed by atoms with Crippen LogP contribution in [-0.4, -0.2) is 91.2 Å². The normalized spacial score (nSPS) is 23.5. The third kappa shape index (κ3) is 7.16. The van der Waals surface area contributed by atoms with E-state index in [1.54, 1.807) is 24.3 Å². The Kier molecular flexibility index (Phi) is 9.95. The summed E-state index contributed by atoms with van der Waals surface area (Å²) in [6, 6.07) is 10.7. The summed E-state index contributed by atoms with van der Waals surface area (Å²) in [5.74, 6) is -2.33. The van der Waals surface area contributed by atoms with Crippen LogP contribution in [0.5, 0.6) is 5.75 Å². The number of amides is 1. The number of ketones is 1. The summed E-state index contributed by atoms with van der Waals surface area (Å²) >= 11 is 0. The van der Waals surface area contributed by atoms with Gasteiger partial charge in [0.15, 0.2) is 0 Å². The molecule has 3 saturated heterocycles. The number of alkyl halides is 4. The number of likely N-dealkylation sites (tertiary alicyclic amines) is 2. The first-order valence-electron chi connectivity index (χ1n) is 15.8. The SMILES string of the molecule is COc1ccc([C@@H]2CN(CCC(C)=O)C[C@@]2(F)C(=O)N2CCC(c3ccc(C(F)(F)F)cc3N3CCC(C(=O)O)CC3)CC2)cc1. The molecule has 2 atom stereocenters. The molecule has 12 heteroatoms. The van der Waals surface area contributed by atoms with Gasteiger partial charge in [-0.25, -0.2) is 4.39 Å². The van der Waals surface area contributed by atoms with Crippen LogP contribution in [0.1, 0.15) is 67.6 Å². The van der Waals surface area contributed by atoms with Crippen molar-refractivity contribution in [3.63, 3.8) is 0 Å². The lowest BCUT2D eigenvalue weighted by atomic mass is 9.83. The number of methoxy groups -OCH3 is 1. The summed E-state index contributed by atoms with van der Waals surface area (Å²) < 4.78 is 63.4. The quantitative estimate of drug-likeness (QED) is 0.359. The van der Waals surface area contributed by atoms with E-state index in [-0.39, 0.29) is 44.3 Å². The van der Waals surface area contributed by atoms with Crippen LogP contribution in [0.25, 0.3) is 0 Å². The second kappa shape index (κ2) is 13.6. The monoisotopic (exact) mass is 647 g/mol. The number of rotatable bonds is 9. The summed E-state index contributed by atoms with van der Waals surface area (Å²) in [4.78, 5) is 42.3. The summed E-state index contributed by atoms with van der Waals surface area (Å²) in [5, 5.41) is 9.39. The fourth-order valence-electron chi connectivity index (χ4n) is 7.17. The standard InChI is InChI=1S/C34H41F4N3O5/c1-22(42)9-14-39-20-29(24-3-6-27(46-2)7-4-24)33(35,21-39)32(45)41-17-10-23(11-18-41)28-8-5-26(34(36,37)38)19-30(28)40-15-12-25(13-16-40)31(43)44/h3-8,19,23,25,29H,9-18,20-21H2,1-2H3,(H,43,44)/t29-,33-/m0/s1. The van der Waals surface area contributed by atoms with Crippen molar-refractivity contribution in [1.29, 1.82) is 0 Å². The van der Waals surface area contributed by atoms with Gasteiger partial charge in [0.2, 0.25) is 5.67 Å². The lowest BCUT2D eigenvalue weighted by molar-refractivity contribution is -0.145. The van der Waals surface area contributed by atoms with E-state index in [1.165, 1.54) is 25.0 Å². The first-order valence-corrected chi connectivity index (χ1v) is 15.8. The summed E-state index contributed by atoms with van der Waals surface area (Å²) in [5.41, 5.74) is -1.14. The number of aliphatic carboxylic acids is 1. The third-order valence-electron chi connectivity index (χ3n) is 9.87. The third-order valence-corrected chi connectivity index (χ3v) is 9.87. The topological polar surface area (TPSA) is 90.4 Å². The lowest BCUT2D eigenvalue weighted by Gasteiger charge is -2.39. The van der Waals surface area contributed by atoms with Crippen molar-refractivity contribution in [1.82, 2.24) is 9.80 Å². The number of benzene rings is 2. The molecule has 3 heterocycles. The number of carbonyl (C=O) groups excluding carboxylic acids is 2. The molecule has 0 spiro atoms. The Balaban J connectivity index is 1.34. The van der Waals surface area contributed by atoms with E-state index in [1.807, 2.05) is 9.80 Å². The van der Waals surface area contributed by atoms with Crippen LogP contribution in [0.4, 0.5) is 23.2 Å². The number of anilines is 1. The molecule has 3 fully saturated rings. The van der Waals surface area contributed by atoms with Gasteiger partial charge >= 0.3 is 12.1 Å². The smallest absolute Gasteiger partial charge is 0.416 e. The van der Waals surface area contributed by atoms with Crippen molar-refractivity contribution in [3.8, 4) is 5.75 Å². The average Bonchev–Trinajstić information content (AvgIpc) is 3.40. The van der Waals surface area contributed by atoms with Crippen LogP contribution in [-0.2, 0) is 20.6 Å². The van der Waals surface area contributed by atoms with Crippen LogP contribution >= 0.6 is 0 Å². The zero-order valence-corrected chi connectivity index (χ0v) is 26.2. The van der Waals surface area contributed by atoms with E-state index < -0.39 is 41.1 Å². The summed E-state index contributed by atoms with van der Waals surface area (Å²) in [6.07, 6.45) is -2.68. The van der Waals surface area contributed by atoms with E-state index >= 15 is 4.39 Å². The fourth-order valence-corrected chi connectivity index (χ4v) is 7.17. The van der Waals surface area contributed by atoms with Crippen molar-refractivity contribution in [2.45, 2.75) is 62.7 Å². The predicted molar refractivity (Wildman–Crippen MR) is 164 cm³/mol. The zero-order valence-electron chi connectivity index (χ0n) is 26.2. The van der Waals surface area contributed by atoms with E-state index in [4.69, 9.17) is 4.74 Å². The van der Waals surface area contributed by atoms with E-state index in [0.29, 0.717) is 62.3 Å². The second-order valence-corrected chi connectivity index (χ2v) is 12.8. The first-order chi connectivity index (χ1) is 21.8. The highest BCUT2D eigenvalue weighted by Gasteiger charge is 2.55. The fraction of sp³-hybridized carbons (Fsp3) is 0.559. The molecule has 250 valence electrons. The van der Waals surface area contributed by atoms with Crippen LogP contribution in [0, 0.1) is 5.92 Å². The average molecular weight is 648 g/mol. The minimum absolute atomic E-state index is 0.0142. The first kappa shape index (κ1) is 33.7. The highest BCUT2D eigenvalue weighted by molar-refractivity contribution is 5.87. The Morgan fingerprint density at radius 3 is 2.20 bits per heavy atom. The maximum atomic E-state index is 17.1. The van der Waals surface area contributed by atoms with E-state index in [2.05, 4.69) is 0 Å². The Hall–Kier alpha value is -3.67. The second-order valence-electron chi connectivity index (χ2n) is 12.8. The molecule has 5 rings (SSSR count). The van der Waals surface area contributed by atoms with Crippen molar-refractivity contribution in [3.05, 3.63) is 59.2 Å². The molecule has 1 amide bonds. The Morgan fingerprint density at radius 1 is 0.978 bits per heavy atom. The highest BCUT2D eigenvalue weighted by atomic mass is 19.4. The van der Waals surface area contributed by atoms with Crippen molar-refractivity contribution in [2.75, 3.05) is 57.8 Å². The molecule has 0 unspecified atom stereocenters. The molecule has 1 N–H and O–H groups in total. The van der Waals surface area contributed by atoms with E-state index in [9.17, 15) is 32.7 Å². The van der Waals surface area contributed by atoms with Crippen molar-refractivity contribution < 1.29 is 41.8 Å². The van der Waals surface area contributed by atoms with Gasteiger partial charge in [0, 0.05) is 63.8 Å². The van der Waals surface area contributed by atoms with Crippen molar-refractivity contribution in [2.24, 2.45) is 5.92 Å². The van der Waals surface area contributed by atoms with Gasteiger partial charge in [0.05, 0.1) is 18.6 Å². The number of nitrogens with zero attached hydrogens (tertiary/aromatic N) is 3. The van der Waals surface area contributed by atoms with Gasteiger partial charge in [0.25, 0.3) is 5.91 Å². The Labute approximate surface area is 266 Å². The molecule has 0 aromatic heterocycles. The molecule has 0 bridgehead atoms. The van der Waals surface area contributed by atoms with Gasteiger partial charge < -0.3 is 19.6 Å². The molecule has 0 radical (unpaired) electrons. The molecule has 2 aromatic rings. The van der Waals surface area contributed by atoms with Gasteiger partial charge in [-0.2, -0.15) is 13.2 Å². The number of Topliss-reactive ketones (excluding diaryl/α,β-unsaturated/α-hetero) is 1. The number of ether oxygens (including phenoxy) is 1.